The van der Waals surface area contributed by atoms with Crippen molar-refractivity contribution in [2.45, 2.75) is 19.8 Å². The first kappa shape index (κ1) is 8.50. The Morgan fingerprint density at radius 3 is 2.69 bits per heavy atom. The Bertz CT molecular complexity index is 325. The monoisotopic (exact) mass is 181 g/mol. The van der Waals surface area contributed by atoms with Crippen LogP contribution >= 0.6 is 0 Å². The Morgan fingerprint density at radius 2 is 2.00 bits per heavy atom. The van der Waals surface area contributed by atoms with Crippen molar-refractivity contribution in [1.29, 1.82) is 0 Å². The first-order chi connectivity index (χ1) is 6.31. The molecule has 0 fully saturated rings. The number of hydrogen-bond acceptors (Lipinski definition) is 4. The maximum Gasteiger partial charge on any atom is 0.120 e. The van der Waals surface area contributed by atoms with E-state index in [9.17, 15) is 5.11 Å². The van der Waals surface area contributed by atoms with Crippen molar-refractivity contribution in [3.05, 3.63) is 28.8 Å². The van der Waals surface area contributed by atoms with E-state index in [-0.39, 0.29) is 12.3 Å². The highest BCUT2D eigenvalue weighted by molar-refractivity contribution is 5.42. The molecule has 1 aromatic carbocycles. The Hall–Kier alpha value is -1.10. The van der Waals surface area contributed by atoms with Gasteiger partial charge in [-0.2, -0.15) is 0 Å². The number of aromatic hydroxyl groups is 1. The Morgan fingerprint density at radius 1 is 1.31 bits per heavy atom. The standard InChI is InChI=1S/C9H11NO3/c11-9-2-8-5-13-4-7(8)1-6(9)3-10-12/h1-2,10-12H,3-5H2. The van der Waals surface area contributed by atoms with Crippen LogP contribution in [0.4, 0.5) is 0 Å². The van der Waals surface area contributed by atoms with Crippen LogP contribution in [-0.2, 0) is 24.5 Å². The lowest BCUT2D eigenvalue weighted by atomic mass is 10.1. The van der Waals surface area contributed by atoms with Gasteiger partial charge in [0, 0.05) is 12.1 Å². The van der Waals surface area contributed by atoms with Gasteiger partial charge in [-0.25, -0.2) is 5.48 Å². The fourth-order valence-electron chi connectivity index (χ4n) is 1.49. The maximum atomic E-state index is 9.50. The summed E-state index contributed by atoms with van der Waals surface area (Å²) < 4.78 is 5.21. The van der Waals surface area contributed by atoms with Crippen molar-refractivity contribution in [1.82, 2.24) is 5.48 Å². The second-order valence-electron chi connectivity index (χ2n) is 3.08. The fraction of sp³-hybridized carbons (Fsp3) is 0.333. The minimum atomic E-state index is 0.200. The minimum Gasteiger partial charge on any atom is -0.508 e. The molecule has 0 spiro atoms. The van der Waals surface area contributed by atoms with Crippen molar-refractivity contribution in [2.75, 3.05) is 0 Å². The zero-order valence-corrected chi connectivity index (χ0v) is 7.08. The summed E-state index contributed by atoms with van der Waals surface area (Å²) in [5.41, 5.74) is 4.82. The van der Waals surface area contributed by atoms with E-state index in [1.807, 2.05) is 11.5 Å². The third-order valence-corrected chi connectivity index (χ3v) is 2.19. The van der Waals surface area contributed by atoms with Gasteiger partial charge in [0.25, 0.3) is 0 Å². The summed E-state index contributed by atoms with van der Waals surface area (Å²) in [4.78, 5) is 0. The van der Waals surface area contributed by atoms with E-state index >= 15 is 0 Å². The molecule has 4 nitrogen and oxygen atoms in total. The lowest BCUT2D eigenvalue weighted by molar-refractivity contribution is 0.134. The van der Waals surface area contributed by atoms with Gasteiger partial charge in [-0.1, -0.05) is 0 Å². The van der Waals surface area contributed by atoms with Crippen LogP contribution in [0.15, 0.2) is 12.1 Å². The summed E-state index contributed by atoms with van der Waals surface area (Å²) in [7, 11) is 0. The molecule has 2 rings (SSSR count). The summed E-state index contributed by atoms with van der Waals surface area (Å²) in [6.07, 6.45) is 0. The number of ether oxygens (including phenoxy) is 1. The highest BCUT2D eigenvalue weighted by Gasteiger charge is 2.14. The molecule has 0 bridgehead atoms. The molecule has 0 unspecified atom stereocenters. The van der Waals surface area contributed by atoms with Crippen LogP contribution < -0.4 is 5.48 Å². The smallest absolute Gasteiger partial charge is 0.120 e. The van der Waals surface area contributed by atoms with Gasteiger partial charge in [-0.15, -0.1) is 0 Å². The number of hydroxylamine groups is 1. The molecule has 0 saturated carbocycles. The maximum absolute atomic E-state index is 9.50. The number of hydrogen-bond donors (Lipinski definition) is 3. The predicted octanol–water partition coefficient (Wildman–Crippen LogP) is 0.901. The minimum absolute atomic E-state index is 0.200. The molecule has 1 aromatic rings. The van der Waals surface area contributed by atoms with Gasteiger partial charge in [-0.3, -0.25) is 0 Å². The van der Waals surface area contributed by atoms with Gasteiger partial charge in [-0.05, 0) is 23.3 Å². The average molecular weight is 181 g/mol. The first-order valence-corrected chi connectivity index (χ1v) is 4.09. The van der Waals surface area contributed by atoms with E-state index in [1.165, 1.54) is 0 Å². The number of benzene rings is 1. The van der Waals surface area contributed by atoms with Gasteiger partial charge in [0.15, 0.2) is 0 Å². The molecule has 3 N–H and O–H groups in total. The fourth-order valence-corrected chi connectivity index (χ4v) is 1.49. The number of fused-ring (bicyclic) bond motifs is 1. The molecule has 1 aliphatic heterocycles. The topological polar surface area (TPSA) is 61.7 Å². The van der Waals surface area contributed by atoms with Crippen LogP contribution in [0.3, 0.4) is 0 Å². The number of rotatable bonds is 2. The van der Waals surface area contributed by atoms with E-state index in [2.05, 4.69) is 0 Å². The lowest BCUT2D eigenvalue weighted by Crippen LogP contribution is -2.06. The van der Waals surface area contributed by atoms with Crippen LogP contribution in [0.5, 0.6) is 5.75 Å². The molecule has 0 amide bonds. The number of phenolic OH excluding ortho intramolecular Hbond substituents is 1. The molecule has 1 heterocycles. The Kier molecular flexibility index (Phi) is 2.18. The predicted molar refractivity (Wildman–Crippen MR) is 45.2 cm³/mol. The summed E-state index contributed by atoms with van der Waals surface area (Å²) >= 11 is 0. The molecule has 0 aliphatic carbocycles. The van der Waals surface area contributed by atoms with Crippen LogP contribution in [0.1, 0.15) is 16.7 Å². The molecule has 13 heavy (non-hydrogen) atoms. The van der Waals surface area contributed by atoms with Gasteiger partial charge in [0.1, 0.15) is 5.75 Å². The first-order valence-electron chi connectivity index (χ1n) is 4.09. The van der Waals surface area contributed by atoms with E-state index in [0.717, 1.165) is 11.1 Å². The zero-order chi connectivity index (χ0) is 9.26. The van der Waals surface area contributed by atoms with E-state index in [0.29, 0.717) is 18.8 Å². The van der Waals surface area contributed by atoms with Crippen molar-refractivity contribution in [3.63, 3.8) is 0 Å². The van der Waals surface area contributed by atoms with Crippen molar-refractivity contribution >= 4 is 0 Å². The van der Waals surface area contributed by atoms with Gasteiger partial charge in [0.2, 0.25) is 0 Å². The molecule has 70 valence electrons. The summed E-state index contributed by atoms with van der Waals surface area (Å²) in [5, 5.41) is 18.0. The van der Waals surface area contributed by atoms with Crippen molar-refractivity contribution in [3.8, 4) is 5.75 Å². The third kappa shape index (κ3) is 1.51. The Labute approximate surface area is 75.7 Å². The van der Waals surface area contributed by atoms with Crippen molar-refractivity contribution in [2.24, 2.45) is 0 Å². The Balaban J connectivity index is 2.37. The number of nitrogens with one attached hydrogen (secondary N) is 1. The molecular formula is C9H11NO3. The molecule has 1 aliphatic rings. The van der Waals surface area contributed by atoms with Crippen LogP contribution in [0, 0.1) is 0 Å². The molecule has 0 radical (unpaired) electrons. The van der Waals surface area contributed by atoms with Crippen LogP contribution in [0.2, 0.25) is 0 Å². The van der Waals surface area contributed by atoms with E-state index < -0.39 is 0 Å². The summed E-state index contributed by atoms with van der Waals surface area (Å²) in [6, 6.07) is 3.54. The van der Waals surface area contributed by atoms with E-state index in [4.69, 9.17) is 9.94 Å². The van der Waals surface area contributed by atoms with Gasteiger partial charge in [0.05, 0.1) is 13.2 Å². The second kappa shape index (κ2) is 3.33. The number of phenols is 1. The van der Waals surface area contributed by atoms with Crippen LogP contribution in [-0.4, -0.2) is 10.3 Å². The van der Waals surface area contributed by atoms with Gasteiger partial charge >= 0.3 is 0 Å². The lowest BCUT2D eigenvalue weighted by Gasteiger charge is -2.05. The highest BCUT2D eigenvalue weighted by atomic mass is 16.5. The summed E-state index contributed by atoms with van der Waals surface area (Å²) in [6.45, 7) is 1.41. The SMILES string of the molecule is ONCc1cc2c(cc1O)COC2. The third-order valence-electron chi connectivity index (χ3n) is 2.19. The quantitative estimate of drug-likeness (QED) is 0.593. The average Bonchev–Trinajstić information content (AvgIpc) is 2.52. The zero-order valence-electron chi connectivity index (χ0n) is 7.08. The summed E-state index contributed by atoms with van der Waals surface area (Å²) in [5.74, 6) is 0.200. The second-order valence-corrected chi connectivity index (χ2v) is 3.08. The normalized spacial score (nSPS) is 14.5. The van der Waals surface area contributed by atoms with Crippen molar-refractivity contribution < 1.29 is 15.1 Å². The molecule has 0 saturated heterocycles. The molecule has 0 aromatic heterocycles. The largest absolute Gasteiger partial charge is 0.508 e. The van der Waals surface area contributed by atoms with Gasteiger partial charge < -0.3 is 15.1 Å². The van der Waals surface area contributed by atoms with E-state index in [1.54, 1.807) is 6.07 Å². The molecule has 0 atom stereocenters. The van der Waals surface area contributed by atoms with Crippen LogP contribution in [0.25, 0.3) is 0 Å². The molecular weight excluding hydrogens is 170 g/mol. The molecule has 4 heteroatoms. The highest BCUT2D eigenvalue weighted by Crippen LogP contribution is 2.27.